The van der Waals surface area contributed by atoms with Gasteiger partial charge in [0.05, 0.1) is 0 Å². The first-order valence-electron chi connectivity index (χ1n) is 0. The predicted octanol–water partition coefficient (Wildman–Crippen LogP) is 0.698. The van der Waals surface area contributed by atoms with Crippen molar-refractivity contribution < 1.29 is 0 Å². The molecule has 8 heteroatoms. The van der Waals surface area contributed by atoms with E-state index in [9.17, 15) is 0 Å². The second kappa shape index (κ2) is 94.3. The fourth-order valence-electron chi connectivity index (χ4n) is 0. The molecule has 0 N–H and O–H groups in total. The van der Waals surface area contributed by atoms with Crippen molar-refractivity contribution in [1.29, 1.82) is 0 Å². The number of hydrogen-bond donors (Lipinski definition) is 0. The van der Waals surface area contributed by atoms with Gasteiger partial charge in [-0.1, -0.05) is 0 Å². The van der Waals surface area contributed by atoms with Crippen molar-refractivity contribution in [1.82, 2.24) is 0 Å². The Morgan fingerprint density at radius 1 is 0.375 bits per heavy atom. The average molecular weight is 257 g/mol. The quantitative estimate of drug-likeness (QED) is 0.560. The Hall–Kier alpha value is 2.87. The van der Waals surface area contributed by atoms with Gasteiger partial charge in [0.2, 0.25) is 0 Å². The van der Waals surface area contributed by atoms with Gasteiger partial charge in [0.25, 0.3) is 0 Å². The first kappa shape index (κ1) is 129. The van der Waals surface area contributed by atoms with Crippen LogP contribution in [0.25, 0.3) is 0 Å². The van der Waals surface area contributed by atoms with E-state index in [-0.39, 0.29) is 111 Å². The summed E-state index contributed by atoms with van der Waals surface area (Å²) in [7, 11) is 0. The van der Waals surface area contributed by atoms with Crippen LogP contribution in [-0.2, 0) is 0 Å². The van der Waals surface area contributed by atoms with Crippen LogP contribution in [0.3, 0.4) is 0 Å². The molecule has 56 valence electrons. The Morgan fingerprint density at radius 2 is 0.375 bits per heavy atom. The van der Waals surface area contributed by atoms with E-state index in [0.717, 1.165) is 0 Å². The van der Waals surface area contributed by atoms with E-state index in [4.69, 9.17) is 0 Å². The molecule has 0 bridgehead atoms. The molecule has 0 saturated heterocycles. The van der Waals surface area contributed by atoms with E-state index in [1.54, 1.807) is 0 Å². The Kier molecular flexibility index (Phi) is 1520. The minimum absolute atomic E-state index is 0. The van der Waals surface area contributed by atoms with Crippen molar-refractivity contribution in [2.24, 2.45) is 0 Å². The molecule has 8 heavy (non-hydrogen) atoms. The monoisotopic (exact) mass is 254 g/mol. The molecule has 0 spiro atoms. The molecule has 0 aromatic heterocycles. The molecule has 0 aliphatic heterocycles. The van der Waals surface area contributed by atoms with Crippen LogP contribution in [-0.4, -0.2) is 36.2 Å². The van der Waals surface area contributed by atoms with Crippen molar-refractivity contribution in [2.75, 3.05) is 0 Å². The first-order chi connectivity index (χ1) is 0. The molecule has 0 saturated carbocycles. The van der Waals surface area contributed by atoms with Crippen LogP contribution < -0.4 is 0 Å². The second-order valence-corrected chi connectivity index (χ2v) is 0. The van der Waals surface area contributed by atoms with Crippen LogP contribution in [0.1, 0.15) is 0 Å². The van der Waals surface area contributed by atoms with Gasteiger partial charge in [-0.25, -0.2) is 0 Å². The minimum atomic E-state index is 0. The molecule has 0 amide bonds. The fraction of sp³-hybridized carbons (Fsp3) is 0. The fourth-order valence-corrected chi connectivity index (χ4v) is 0. The second-order valence-electron chi connectivity index (χ2n) is 0. The van der Waals surface area contributed by atoms with E-state index in [1.807, 2.05) is 0 Å². The summed E-state index contributed by atoms with van der Waals surface area (Å²) in [6.07, 6.45) is 0. The third-order valence-corrected chi connectivity index (χ3v) is 0. The van der Waals surface area contributed by atoms with Gasteiger partial charge in [-0.05, 0) is 0 Å². The van der Waals surface area contributed by atoms with Gasteiger partial charge in [-0.15, -0.1) is 74.4 Å². The molecule has 0 nitrogen and oxygen atoms in total. The van der Waals surface area contributed by atoms with Gasteiger partial charge in [0.15, 0.2) is 17.4 Å². The molecule has 0 aromatic rings. The molecular weight excluding hydrogens is 247 g/mol. The molecule has 0 heterocycles. The molecule has 0 fully saturated rings. The van der Waals surface area contributed by atoms with Gasteiger partial charge < -0.3 is 0 Å². The van der Waals surface area contributed by atoms with Gasteiger partial charge in [0.1, 0.15) is 0 Å². The van der Waals surface area contributed by atoms with Crippen LogP contribution in [0.4, 0.5) is 0 Å². The third-order valence-electron chi connectivity index (χ3n) is 0. The third kappa shape index (κ3) is 66.7. The summed E-state index contributed by atoms with van der Waals surface area (Å²) in [5.74, 6) is 0. The summed E-state index contributed by atoms with van der Waals surface area (Å²) in [5, 5.41) is 0. The zero-order chi connectivity index (χ0) is 0. The number of halogens is 6. The van der Waals surface area contributed by atoms with Crippen LogP contribution >= 0.6 is 74.4 Å². The Bertz CT molecular complexity index is 8.49. The van der Waals surface area contributed by atoms with Gasteiger partial charge in [-0.2, -0.15) is 0 Å². The Morgan fingerprint density at radius 3 is 0.375 bits per heavy atom. The van der Waals surface area contributed by atoms with E-state index < -0.39 is 0 Å². The molecular formula is H10AlCl6Li. The van der Waals surface area contributed by atoms with Crippen LogP contribution in [0, 0.1) is 0 Å². The van der Waals surface area contributed by atoms with Crippen molar-refractivity contribution >= 4 is 111 Å². The van der Waals surface area contributed by atoms with Crippen molar-refractivity contribution in [3.63, 3.8) is 0 Å². The van der Waals surface area contributed by atoms with Crippen LogP contribution in [0.2, 0.25) is 0 Å². The van der Waals surface area contributed by atoms with Crippen LogP contribution in [0.15, 0.2) is 0 Å². The van der Waals surface area contributed by atoms with Gasteiger partial charge in [0, 0.05) is 0 Å². The van der Waals surface area contributed by atoms with Crippen LogP contribution in [0.5, 0.6) is 0 Å². The number of rotatable bonds is 0. The SMILES string of the molecule is Cl.Cl.Cl.Cl.Cl.Cl.[AlH3].[LiH]. The van der Waals surface area contributed by atoms with E-state index in [1.165, 1.54) is 0 Å². The topological polar surface area (TPSA) is 0 Å². The maximum atomic E-state index is 0. The van der Waals surface area contributed by atoms with Crippen molar-refractivity contribution in [2.45, 2.75) is 0 Å². The maximum absolute atomic E-state index is 0. The summed E-state index contributed by atoms with van der Waals surface area (Å²) in [6, 6.07) is 0. The summed E-state index contributed by atoms with van der Waals surface area (Å²) >= 11 is 0. The molecule has 0 rings (SSSR count). The van der Waals surface area contributed by atoms with Crippen molar-refractivity contribution in [3.8, 4) is 0 Å². The molecule has 0 aromatic carbocycles. The summed E-state index contributed by atoms with van der Waals surface area (Å²) in [6.45, 7) is 0. The molecule has 0 radical (unpaired) electrons. The molecule has 0 aliphatic carbocycles. The normalized spacial score (nSPS) is 0. The molecule has 0 aliphatic rings. The van der Waals surface area contributed by atoms with Crippen molar-refractivity contribution in [3.05, 3.63) is 0 Å². The zero-order valence-electron chi connectivity index (χ0n) is 2.45. The Labute approximate surface area is 109 Å². The van der Waals surface area contributed by atoms with E-state index in [0.29, 0.717) is 0 Å². The number of hydrogen-bond acceptors (Lipinski definition) is 0. The molecule has 0 atom stereocenters. The summed E-state index contributed by atoms with van der Waals surface area (Å²) in [4.78, 5) is 0. The average Bonchev–Trinajstić information content (AvgIpc) is 0. The molecule has 0 unspecified atom stereocenters. The summed E-state index contributed by atoms with van der Waals surface area (Å²) < 4.78 is 0. The Balaban J connectivity index is 0. The zero-order valence-corrected chi connectivity index (χ0v) is 7.35. The van der Waals surface area contributed by atoms with E-state index >= 15 is 0 Å². The van der Waals surface area contributed by atoms with Gasteiger partial charge >= 0.3 is 18.9 Å². The van der Waals surface area contributed by atoms with Gasteiger partial charge in [-0.3, -0.25) is 0 Å². The predicted molar refractivity (Wildman–Crippen MR) is 60.6 cm³/mol. The summed E-state index contributed by atoms with van der Waals surface area (Å²) in [5.41, 5.74) is 0. The first-order valence-corrected chi connectivity index (χ1v) is 0. The van der Waals surface area contributed by atoms with E-state index in [2.05, 4.69) is 0 Å². The standard InChI is InChI=1S/Al.6ClH.Li.4H/h;6*1H;;;;;.